The lowest BCUT2D eigenvalue weighted by Crippen LogP contribution is -2.22. The third-order valence-corrected chi connectivity index (χ3v) is 7.41. The second kappa shape index (κ2) is 7.35. The molecular weight excluding hydrogens is 420 g/mol. The second-order valence-corrected chi connectivity index (χ2v) is 9.57. The molecule has 3 aromatic heterocycles. The van der Waals surface area contributed by atoms with Crippen molar-refractivity contribution in [1.29, 1.82) is 0 Å². The Morgan fingerprint density at radius 2 is 2.00 bits per heavy atom. The number of fused-ring (bicyclic) bond motifs is 1. The molecule has 4 aromatic rings. The first-order valence-corrected chi connectivity index (χ1v) is 11.1. The molecule has 0 unspecified atom stereocenters. The molecule has 0 radical (unpaired) electrons. The van der Waals surface area contributed by atoms with Gasteiger partial charge in [-0.3, -0.25) is 9.36 Å². The van der Waals surface area contributed by atoms with E-state index >= 15 is 0 Å². The summed E-state index contributed by atoms with van der Waals surface area (Å²) in [6, 6.07) is 7.83. The number of thiophene rings is 1. The van der Waals surface area contributed by atoms with Crippen LogP contribution in [0.1, 0.15) is 21.7 Å². The Balaban J connectivity index is 1.93. The van der Waals surface area contributed by atoms with Gasteiger partial charge in [-0.25, -0.2) is 4.98 Å². The van der Waals surface area contributed by atoms with Crippen LogP contribution in [-0.4, -0.2) is 19.1 Å². The fraction of sp³-hybridized carbons (Fsp3) is 0.222. The van der Waals surface area contributed by atoms with Gasteiger partial charge < -0.3 is 0 Å². The second-order valence-electron chi connectivity index (χ2n) is 6.07. The van der Waals surface area contributed by atoms with E-state index in [4.69, 9.17) is 16.6 Å². The van der Waals surface area contributed by atoms with Crippen molar-refractivity contribution < 1.29 is 0 Å². The molecule has 0 atom stereocenters. The summed E-state index contributed by atoms with van der Waals surface area (Å²) in [6.07, 6.45) is 0. The maximum Gasteiger partial charge on any atom is 0.267 e. The quantitative estimate of drug-likeness (QED) is 0.327. The van der Waals surface area contributed by atoms with E-state index in [-0.39, 0.29) is 5.56 Å². The zero-order valence-corrected chi connectivity index (χ0v) is 18.0. The first-order valence-electron chi connectivity index (χ1n) is 8.15. The Bertz CT molecular complexity index is 1210. The average molecular weight is 435 g/mol. The summed E-state index contributed by atoms with van der Waals surface area (Å²) < 4.78 is 6.14. The van der Waals surface area contributed by atoms with Gasteiger partial charge in [0, 0.05) is 22.2 Å². The van der Waals surface area contributed by atoms with Gasteiger partial charge >= 0.3 is 0 Å². The van der Waals surface area contributed by atoms with Crippen LogP contribution in [0.2, 0.25) is 4.34 Å². The van der Waals surface area contributed by atoms with Gasteiger partial charge in [0.15, 0.2) is 5.16 Å². The Kier molecular flexibility index (Phi) is 5.07. The average Bonchev–Trinajstić information content (AvgIpc) is 3.17. The van der Waals surface area contributed by atoms with E-state index < -0.39 is 0 Å². The van der Waals surface area contributed by atoms with Crippen LogP contribution in [0.25, 0.3) is 15.9 Å². The van der Waals surface area contributed by atoms with Gasteiger partial charge in [-0.1, -0.05) is 46.1 Å². The number of aryl methyl sites for hydroxylation is 3. The molecule has 9 heteroatoms. The van der Waals surface area contributed by atoms with E-state index in [9.17, 15) is 4.79 Å². The summed E-state index contributed by atoms with van der Waals surface area (Å²) in [7, 11) is 0. The van der Waals surface area contributed by atoms with Gasteiger partial charge in [-0.15, -0.1) is 16.4 Å². The lowest BCUT2D eigenvalue weighted by atomic mass is 10.2. The molecule has 1 aromatic carbocycles. The normalized spacial score (nSPS) is 11.4. The molecule has 27 heavy (non-hydrogen) atoms. The van der Waals surface area contributed by atoms with E-state index in [1.165, 1.54) is 11.8 Å². The van der Waals surface area contributed by atoms with Crippen LogP contribution < -0.4 is 5.56 Å². The number of rotatable bonds is 4. The largest absolute Gasteiger partial charge is 0.268 e. The number of nitrogens with zero attached hydrogens (tertiary/aromatic N) is 4. The number of para-hydroxylation sites is 1. The van der Waals surface area contributed by atoms with Crippen molar-refractivity contribution in [3.8, 4) is 5.69 Å². The lowest BCUT2D eigenvalue weighted by molar-refractivity contribution is 0.816. The molecule has 0 bridgehead atoms. The van der Waals surface area contributed by atoms with E-state index in [0.29, 0.717) is 26.3 Å². The molecule has 138 valence electrons. The fourth-order valence-electron chi connectivity index (χ4n) is 2.81. The highest BCUT2D eigenvalue weighted by molar-refractivity contribution is 7.98. The smallest absolute Gasteiger partial charge is 0.267 e. The van der Waals surface area contributed by atoms with Gasteiger partial charge in [0.25, 0.3) is 5.56 Å². The minimum absolute atomic E-state index is 0.0406. The molecule has 5 nitrogen and oxygen atoms in total. The first-order chi connectivity index (χ1) is 13.0. The molecule has 3 heterocycles. The molecule has 0 fully saturated rings. The van der Waals surface area contributed by atoms with Crippen molar-refractivity contribution in [3.05, 3.63) is 60.7 Å². The Morgan fingerprint density at radius 3 is 2.70 bits per heavy atom. The molecule has 0 aliphatic rings. The fourth-order valence-corrected chi connectivity index (χ4v) is 5.62. The van der Waals surface area contributed by atoms with Gasteiger partial charge in [-0.05, 0) is 38.0 Å². The molecule has 0 N–H and O–H groups in total. The van der Waals surface area contributed by atoms with Crippen molar-refractivity contribution in [3.63, 3.8) is 0 Å². The SMILES string of the molecule is Cc1ccccc1-n1c(SCc2nnsc2Cl)nc2sc(C)c(C)c2c1=O. The third kappa shape index (κ3) is 3.31. The van der Waals surface area contributed by atoms with Gasteiger partial charge in [0.1, 0.15) is 14.9 Å². The van der Waals surface area contributed by atoms with Crippen LogP contribution in [-0.2, 0) is 5.75 Å². The summed E-state index contributed by atoms with van der Waals surface area (Å²) in [5.41, 5.74) is 3.51. The molecule has 0 spiro atoms. The predicted molar refractivity (Wildman–Crippen MR) is 114 cm³/mol. The van der Waals surface area contributed by atoms with E-state index in [2.05, 4.69) is 9.59 Å². The number of benzene rings is 1. The molecule has 0 amide bonds. The van der Waals surface area contributed by atoms with Crippen LogP contribution in [0.3, 0.4) is 0 Å². The number of hydrogen-bond acceptors (Lipinski definition) is 7. The van der Waals surface area contributed by atoms with Crippen molar-refractivity contribution in [2.45, 2.75) is 31.7 Å². The first kappa shape index (κ1) is 18.6. The Labute approximate surface area is 173 Å². The highest BCUT2D eigenvalue weighted by Crippen LogP contribution is 2.32. The van der Waals surface area contributed by atoms with Gasteiger partial charge in [-0.2, -0.15) is 0 Å². The maximum absolute atomic E-state index is 13.4. The molecule has 0 aliphatic heterocycles. The monoisotopic (exact) mass is 434 g/mol. The van der Waals surface area contributed by atoms with Crippen LogP contribution >= 0.6 is 46.2 Å². The summed E-state index contributed by atoms with van der Waals surface area (Å²) in [6.45, 7) is 5.99. The summed E-state index contributed by atoms with van der Waals surface area (Å²) in [5, 5.41) is 5.38. The number of hydrogen-bond donors (Lipinski definition) is 0. The van der Waals surface area contributed by atoms with Gasteiger partial charge in [0.05, 0.1) is 11.1 Å². The predicted octanol–water partition coefficient (Wildman–Crippen LogP) is 5.17. The molecule has 0 saturated heterocycles. The number of thioether (sulfide) groups is 1. The molecule has 0 saturated carbocycles. The topological polar surface area (TPSA) is 60.7 Å². The Morgan fingerprint density at radius 1 is 1.22 bits per heavy atom. The van der Waals surface area contributed by atoms with Gasteiger partial charge in [0.2, 0.25) is 0 Å². The van der Waals surface area contributed by atoms with Crippen LogP contribution in [0, 0.1) is 20.8 Å². The number of halogens is 1. The van der Waals surface area contributed by atoms with E-state index in [0.717, 1.165) is 38.1 Å². The van der Waals surface area contributed by atoms with Crippen LogP contribution in [0.4, 0.5) is 0 Å². The summed E-state index contributed by atoms with van der Waals surface area (Å²) in [4.78, 5) is 20.1. The standard InChI is InChI=1S/C18H15ClN4OS3/c1-9-6-4-5-7-13(9)23-17(24)14-10(2)11(3)26-16(14)20-18(23)25-8-12-15(19)27-22-21-12/h4-7H,8H2,1-3H3. The van der Waals surface area contributed by atoms with E-state index in [1.807, 2.05) is 45.0 Å². The van der Waals surface area contributed by atoms with Crippen molar-refractivity contribution in [1.82, 2.24) is 19.1 Å². The summed E-state index contributed by atoms with van der Waals surface area (Å²) >= 11 is 10.3. The van der Waals surface area contributed by atoms with E-state index in [1.54, 1.807) is 15.9 Å². The maximum atomic E-state index is 13.4. The highest BCUT2D eigenvalue weighted by atomic mass is 35.5. The lowest BCUT2D eigenvalue weighted by Gasteiger charge is -2.14. The Hall–Kier alpha value is -1.74. The number of aromatic nitrogens is 4. The van der Waals surface area contributed by atoms with Crippen LogP contribution in [0.15, 0.2) is 34.2 Å². The van der Waals surface area contributed by atoms with Crippen LogP contribution in [0.5, 0.6) is 0 Å². The highest BCUT2D eigenvalue weighted by Gasteiger charge is 2.19. The van der Waals surface area contributed by atoms with Crippen molar-refractivity contribution >= 4 is 56.4 Å². The van der Waals surface area contributed by atoms with Crippen molar-refractivity contribution in [2.24, 2.45) is 0 Å². The zero-order valence-electron chi connectivity index (χ0n) is 14.8. The minimum atomic E-state index is -0.0406. The molecular formula is C18H15ClN4OS3. The minimum Gasteiger partial charge on any atom is -0.268 e. The molecule has 4 rings (SSSR count). The molecule has 0 aliphatic carbocycles. The van der Waals surface area contributed by atoms with Crippen molar-refractivity contribution in [2.75, 3.05) is 0 Å². The zero-order chi connectivity index (χ0) is 19.1. The summed E-state index contributed by atoms with van der Waals surface area (Å²) in [5.74, 6) is 0.502. The third-order valence-electron chi connectivity index (χ3n) is 4.38.